The molecule has 1 aliphatic rings. The van der Waals surface area contributed by atoms with Crippen LogP contribution in [0.2, 0.25) is 0 Å². The molecule has 0 unspecified atom stereocenters. The van der Waals surface area contributed by atoms with Gasteiger partial charge in [-0.1, -0.05) is 18.2 Å². The third kappa shape index (κ3) is 3.27. The van der Waals surface area contributed by atoms with Gasteiger partial charge in [0.2, 0.25) is 0 Å². The van der Waals surface area contributed by atoms with Crippen LogP contribution < -0.4 is 5.32 Å². The molecule has 2 rings (SSSR count). The number of likely N-dealkylation sites (tertiary alicyclic amines) is 1. The lowest BCUT2D eigenvalue weighted by molar-refractivity contribution is 0.0970. The summed E-state index contributed by atoms with van der Waals surface area (Å²) in [6.45, 7) is -0.0686. The molecule has 6 heteroatoms. The molecule has 0 spiro atoms. The molecule has 2 atom stereocenters. The molecule has 1 amide bonds. The second-order valence-electron chi connectivity index (χ2n) is 4.45. The molecule has 19 heavy (non-hydrogen) atoms. The van der Waals surface area contributed by atoms with E-state index in [0.717, 1.165) is 0 Å². The van der Waals surface area contributed by atoms with Gasteiger partial charge in [-0.25, -0.2) is 4.39 Å². The number of aliphatic hydroxyl groups excluding tert-OH is 1. The van der Waals surface area contributed by atoms with Crippen LogP contribution in [0, 0.1) is 0 Å². The summed E-state index contributed by atoms with van der Waals surface area (Å²) in [6, 6.07) is 8.29. The molecule has 1 saturated heterocycles. The molecule has 1 heterocycles. The lowest BCUT2D eigenvalue weighted by Gasteiger charge is -2.25. The van der Waals surface area contributed by atoms with Crippen LogP contribution in [0.5, 0.6) is 0 Å². The van der Waals surface area contributed by atoms with E-state index < -0.39 is 6.17 Å². The number of aliphatic hydroxyl groups is 1. The Morgan fingerprint density at radius 3 is 2.79 bits per heavy atom. The molecule has 0 saturated carbocycles. The number of hydrogen-bond donors (Lipinski definition) is 2. The van der Waals surface area contributed by atoms with Gasteiger partial charge in [-0.3, -0.25) is 10.1 Å². The third-order valence-corrected chi connectivity index (χ3v) is 3.43. The molecule has 1 fully saturated rings. The van der Waals surface area contributed by atoms with Gasteiger partial charge in [-0.15, -0.1) is 0 Å². The molecule has 0 aliphatic carbocycles. The highest BCUT2D eigenvalue weighted by Gasteiger charge is 2.33. The number of nitrogens with zero attached hydrogens (tertiary/aromatic N) is 1. The van der Waals surface area contributed by atoms with Crippen LogP contribution in [-0.2, 0) is 0 Å². The number of amides is 1. The second kappa shape index (κ2) is 6.08. The van der Waals surface area contributed by atoms with Gasteiger partial charge in [0.15, 0.2) is 5.11 Å². The lowest BCUT2D eigenvalue weighted by Crippen LogP contribution is -2.46. The van der Waals surface area contributed by atoms with E-state index in [2.05, 4.69) is 5.32 Å². The Labute approximate surface area is 116 Å². The standard InChI is InChI=1S/C13H15FN2O2S/c14-10-6-11(8-17)16(7-10)13(19)15-12(18)9-4-2-1-3-5-9/h1-5,10-11,17H,6-8H2,(H,15,18,19)/t10-,11+/m0/s1. The van der Waals surface area contributed by atoms with Crippen molar-refractivity contribution in [3.63, 3.8) is 0 Å². The van der Waals surface area contributed by atoms with E-state index in [9.17, 15) is 14.3 Å². The molecular formula is C13H15FN2O2S. The van der Waals surface area contributed by atoms with Crippen LogP contribution in [0.15, 0.2) is 30.3 Å². The first kappa shape index (κ1) is 13.9. The van der Waals surface area contributed by atoms with E-state index in [-0.39, 0.29) is 36.6 Å². The summed E-state index contributed by atoms with van der Waals surface area (Å²) in [7, 11) is 0. The number of hydrogen-bond acceptors (Lipinski definition) is 3. The number of alkyl halides is 1. The molecule has 0 bridgehead atoms. The minimum absolute atomic E-state index is 0.110. The summed E-state index contributed by atoms with van der Waals surface area (Å²) in [5.41, 5.74) is 0.487. The second-order valence-corrected chi connectivity index (χ2v) is 4.83. The van der Waals surface area contributed by atoms with Crippen molar-refractivity contribution in [2.75, 3.05) is 13.2 Å². The zero-order valence-corrected chi connectivity index (χ0v) is 11.1. The predicted octanol–water partition coefficient (Wildman–Crippen LogP) is 1.11. The van der Waals surface area contributed by atoms with Crippen LogP contribution in [0.4, 0.5) is 4.39 Å². The van der Waals surface area contributed by atoms with Crippen molar-refractivity contribution < 1.29 is 14.3 Å². The topological polar surface area (TPSA) is 52.6 Å². The van der Waals surface area contributed by atoms with Crippen LogP contribution >= 0.6 is 12.2 Å². The quantitative estimate of drug-likeness (QED) is 0.798. The fourth-order valence-electron chi connectivity index (χ4n) is 2.11. The largest absolute Gasteiger partial charge is 0.394 e. The summed E-state index contributed by atoms with van der Waals surface area (Å²) in [4.78, 5) is 13.4. The Bertz CT molecular complexity index is 469. The monoisotopic (exact) mass is 282 g/mol. The van der Waals surface area contributed by atoms with Crippen molar-refractivity contribution in [2.45, 2.75) is 18.6 Å². The normalized spacial score (nSPS) is 22.3. The molecule has 0 aromatic heterocycles. The molecular weight excluding hydrogens is 267 g/mol. The van der Waals surface area contributed by atoms with Crippen molar-refractivity contribution in [3.8, 4) is 0 Å². The average molecular weight is 282 g/mol. The summed E-state index contributed by atoms with van der Waals surface area (Å²) < 4.78 is 13.3. The van der Waals surface area contributed by atoms with Gasteiger partial charge in [0.05, 0.1) is 19.2 Å². The predicted molar refractivity (Wildman–Crippen MR) is 73.6 cm³/mol. The number of thiocarbonyl (C=S) groups is 1. The molecule has 1 aliphatic heterocycles. The van der Waals surface area contributed by atoms with Gasteiger partial charge in [0.1, 0.15) is 6.17 Å². The highest BCUT2D eigenvalue weighted by atomic mass is 32.1. The Kier molecular flexibility index (Phi) is 4.44. The number of carbonyl (C=O) groups excluding carboxylic acids is 1. The van der Waals surface area contributed by atoms with E-state index in [1.807, 2.05) is 6.07 Å². The Morgan fingerprint density at radius 2 is 2.16 bits per heavy atom. The Balaban J connectivity index is 1.99. The van der Waals surface area contributed by atoms with Crippen LogP contribution in [0.1, 0.15) is 16.8 Å². The van der Waals surface area contributed by atoms with Gasteiger partial charge in [0, 0.05) is 12.0 Å². The fraction of sp³-hybridized carbons (Fsp3) is 0.385. The SMILES string of the molecule is O=C(NC(=S)N1C[C@@H](F)C[C@@H]1CO)c1ccccc1. The zero-order chi connectivity index (χ0) is 13.8. The molecule has 2 N–H and O–H groups in total. The minimum Gasteiger partial charge on any atom is -0.394 e. The Morgan fingerprint density at radius 1 is 1.47 bits per heavy atom. The van der Waals surface area contributed by atoms with Crippen molar-refractivity contribution in [1.82, 2.24) is 10.2 Å². The van der Waals surface area contributed by atoms with Crippen LogP contribution in [0.25, 0.3) is 0 Å². The maximum absolute atomic E-state index is 13.3. The number of carbonyl (C=O) groups is 1. The highest BCUT2D eigenvalue weighted by Crippen LogP contribution is 2.20. The average Bonchev–Trinajstić information content (AvgIpc) is 2.81. The summed E-state index contributed by atoms with van der Waals surface area (Å²) in [5, 5.41) is 11.9. The van der Waals surface area contributed by atoms with E-state index in [1.165, 1.54) is 4.90 Å². The van der Waals surface area contributed by atoms with E-state index in [4.69, 9.17) is 12.2 Å². The van der Waals surface area contributed by atoms with Gasteiger partial charge in [-0.05, 0) is 24.4 Å². The number of nitrogens with one attached hydrogen (secondary N) is 1. The van der Waals surface area contributed by atoms with Crippen molar-refractivity contribution in [3.05, 3.63) is 35.9 Å². The van der Waals surface area contributed by atoms with E-state index >= 15 is 0 Å². The first-order valence-corrected chi connectivity index (χ1v) is 6.44. The highest BCUT2D eigenvalue weighted by molar-refractivity contribution is 7.80. The molecule has 1 aromatic carbocycles. The molecule has 0 radical (unpaired) electrons. The fourth-order valence-corrected chi connectivity index (χ4v) is 2.43. The molecule has 4 nitrogen and oxygen atoms in total. The number of rotatable bonds is 2. The number of halogens is 1. The van der Waals surface area contributed by atoms with Crippen LogP contribution in [-0.4, -0.2) is 46.4 Å². The maximum atomic E-state index is 13.3. The van der Waals surface area contributed by atoms with Crippen molar-refractivity contribution in [1.29, 1.82) is 0 Å². The van der Waals surface area contributed by atoms with Gasteiger partial charge < -0.3 is 10.0 Å². The molecule has 102 valence electrons. The summed E-state index contributed by atoms with van der Waals surface area (Å²) in [6.07, 6.45) is -0.790. The van der Waals surface area contributed by atoms with E-state index in [0.29, 0.717) is 5.56 Å². The first-order chi connectivity index (χ1) is 9.11. The Hall–Kier alpha value is -1.53. The molecule has 1 aromatic rings. The van der Waals surface area contributed by atoms with E-state index in [1.54, 1.807) is 24.3 Å². The van der Waals surface area contributed by atoms with Crippen molar-refractivity contribution in [2.24, 2.45) is 0 Å². The summed E-state index contributed by atoms with van der Waals surface area (Å²) >= 11 is 5.10. The zero-order valence-electron chi connectivity index (χ0n) is 10.3. The number of benzene rings is 1. The smallest absolute Gasteiger partial charge is 0.257 e. The summed E-state index contributed by atoms with van der Waals surface area (Å²) in [5.74, 6) is -0.329. The first-order valence-electron chi connectivity index (χ1n) is 6.03. The van der Waals surface area contributed by atoms with Gasteiger partial charge >= 0.3 is 0 Å². The maximum Gasteiger partial charge on any atom is 0.257 e. The lowest BCUT2D eigenvalue weighted by atomic mass is 10.2. The van der Waals surface area contributed by atoms with Gasteiger partial charge in [0.25, 0.3) is 5.91 Å². The van der Waals surface area contributed by atoms with Crippen molar-refractivity contribution >= 4 is 23.2 Å². The third-order valence-electron chi connectivity index (χ3n) is 3.09. The van der Waals surface area contributed by atoms with Crippen LogP contribution in [0.3, 0.4) is 0 Å². The minimum atomic E-state index is -1.02. The van der Waals surface area contributed by atoms with Gasteiger partial charge in [-0.2, -0.15) is 0 Å².